The Labute approximate surface area is 204 Å². The van der Waals surface area contributed by atoms with Crippen molar-refractivity contribution < 1.29 is 28.6 Å². The molecule has 35 heavy (non-hydrogen) atoms. The largest absolute Gasteiger partial charge is 0.503 e. The van der Waals surface area contributed by atoms with Crippen LogP contribution >= 0.6 is 0 Å². The Morgan fingerprint density at radius 2 is 1.83 bits per heavy atom. The SMILES string of the molecule is CCCCCOc1ccc(C2C(C(=O)c3cc4ccccc4o3)=C(O)C(=O)N2CCCOC)cc1. The van der Waals surface area contributed by atoms with Gasteiger partial charge in [-0.3, -0.25) is 9.59 Å². The number of aliphatic hydroxyl groups excluding tert-OH is 1. The number of para-hydroxylation sites is 1. The van der Waals surface area contributed by atoms with Gasteiger partial charge in [-0.15, -0.1) is 0 Å². The predicted molar refractivity (Wildman–Crippen MR) is 133 cm³/mol. The Morgan fingerprint density at radius 1 is 1.06 bits per heavy atom. The molecule has 0 saturated heterocycles. The van der Waals surface area contributed by atoms with Crippen molar-refractivity contribution >= 4 is 22.7 Å². The Balaban J connectivity index is 1.65. The van der Waals surface area contributed by atoms with Crippen molar-refractivity contribution in [3.63, 3.8) is 0 Å². The van der Waals surface area contributed by atoms with Gasteiger partial charge in [-0.2, -0.15) is 0 Å². The highest BCUT2D eigenvalue weighted by Crippen LogP contribution is 2.40. The van der Waals surface area contributed by atoms with Gasteiger partial charge in [-0.1, -0.05) is 50.1 Å². The number of hydrogen-bond donors (Lipinski definition) is 1. The van der Waals surface area contributed by atoms with Crippen LogP contribution in [0.2, 0.25) is 0 Å². The molecule has 2 heterocycles. The summed E-state index contributed by atoms with van der Waals surface area (Å²) in [6.07, 6.45) is 3.77. The third-order valence-electron chi connectivity index (χ3n) is 6.16. The van der Waals surface area contributed by atoms with E-state index >= 15 is 0 Å². The maximum Gasteiger partial charge on any atom is 0.290 e. The zero-order chi connectivity index (χ0) is 24.8. The van der Waals surface area contributed by atoms with Gasteiger partial charge in [0, 0.05) is 25.6 Å². The number of ketones is 1. The molecule has 1 atom stereocenters. The van der Waals surface area contributed by atoms with E-state index in [0.717, 1.165) is 30.4 Å². The third kappa shape index (κ3) is 5.25. The molecule has 7 heteroatoms. The molecule has 0 radical (unpaired) electrons. The number of aliphatic hydroxyl groups is 1. The molecule has 0 saturated carbocycles. The minimum Gasteiger partial charge on any atom is -0.503 e. The molecule has 0 bridgehead atoms. The molecule has 184 valence electrons. The standard InChI is InChI=1S/C28H31NO6/c1-3-4-7-17-34-21-13-11-19(12-14-21)25-24(27(31)28(32)29(25)15-8-16-33-2)26(30)23-18-20-9-5-6-10-22(20)35-23/h5-6,9-14,18,25,31H,3-4,7-8,15-17H2,1-2H3. The average Bonchev–Trinajstić information content (AvgIpc) is 3.42. The van der Waals surface area contributed by atoms with E-state index < -0.39 is 23.5 Å². The van der Waals surface area contributed by atoms with Crippen molar-refractivity contribution in [2.75, 3.05) is 26.9 Å². The molecule has 1 N–H and O–H groups in total. The first-order chi connectivity index (χ1) is 17.0. The van der Waals surface area contributed by atoms with E-state index in [0.29, 0.717) is 37.3 Å². The number of Topliss-reactive ketones (excluding diaryl/α,β-unsaturated/α-hetero) is 1. The van der Waals surface area contributed by atoms with Crippen molar-refractivity contribution in [2.24, 2.45) is 0 Å². The minimum atomic E-state index is -0.741. The van der Waals surface area contributed by atoms with E-state index in [1.165, 1.54) is 4.90 Å². The normalized spacial score (nSPS) is 15.9. The summed E-state index contributed by atoms with van der Waals surface area (Å²) in [4.78, 5) is 28.1. The zero-order valence-corrected chi connectivity index (χ0v) is 20.2. The summed E-state index contributed by atoms with van der Waals surface area (Å²) in [5.74, 6) is -0.826. The maximum absolute atomic E-state index is 13.6. The fraction of sp³-hybridized carbons (Fsp3) is 0.357. The number of unbranched alkanes of at least 4 members (excludes halogenated alkanes) is 2. The van der Waals surface area contributed by atoms with Crippen LogP contribution in [0.15, 0.2) is 70.3 Å². The van der Waals surface area contributed by atoms with Gasteiger partial charge < -0.3 is 23.9 Å². The second kappa shape index (κ2) is 11.2. The number of ether oxygens (including phenoxy) is 2. The van der Waals surface area contributed by atoms with Crippen LogP contribution in [0.4, 0.5) is 0 Å². The number of benzene rings is 2. The molecule has 1 aliphatic heterocycles. The second-order valence-corrected chi connectivity index (χ2v) is 8.61. The fourth-order valence-electron chi connectivity index (χ4n) is 4.36. The minimum absolute atomic E-state index is 0.0167. The molecule has 1 amide bonds. The van der Waals surface area contributed by atoms with E-state index in [1.807, 2.05) is 42.5 Å². The molecular weight excluding hydrogens is 446 g/mol. The van der Waals surface area contributed by atoms with Crippen molar-refractivity contribution in [2.45, 2.75) is 38.6 Å². The smallest absolute Gasteiger partial charge is 0.290 e. The molecule has 1 aromatic heterocycles. The summed E-state index contributed by atoms with van der Waals surface area (Å²) in [5.41, 5.74) is 1.29. The summed E-state index contributed by atoms with van der Waals surface area (Å²) >= 11 is 0. The topological polar surface area (TPSA) is 89.2 Å². The zero-order valence-electron chi connectivity index (χ0n) is 20.2. The number of amides is 1. The second-order valence-electron chi connectivity index (χ2n) is 8.61. The number of fused-ring (bicyclic) bond motifs is 1. The number of hydrogen-bond acceptors (Lipinski definition) is 6. The Morgan fingerprint density at radius 3 is 2.54 bits per heavy atom. The van der Waals surface area contributed by atoms with Crippen molar-refractivity contribution in [3.05, 3.63) is 77.3 Å². The van der Waals surface area contributed by atoms with Crippen molar-refractivity contribution in [3.8, 4) is 5.75 Å². The number of nitrogens with zero attached hydrogens (tertiary/aromatic N) is 1. The van der Waals surface area contributed by atoms with Crippen LogP contribution in [0, 0.1) is 0 Å². The van der Waals surface area contributed by atoms with Crippen LogP contribution in [0.1, 0.15) is 54.8 Å². The molecule has 0 fully saturated rings. The van der Waals surface area contributed by atoms with Gasteiger partial charge >= 0.3 is 0 Å². The lowest BCUT2D eigenvalue weighted by Crippen LogP contribution is -2.32. The third-order valence-corrected chi connectivity index (χ3v) is 6.16. The fourth-order valence-corrected chi connectivity index (χ4v) is 4.36. The quantitative estimate of drug-likeness (QED) is 0.269. The van der Waals surface area contributed by atoms with Crippen LogP contribution in [-0.2, 0) is 9.53 Å². The molecule has 4 rings (SSSR count). The van der Waals surface area contributed by atoms with E-state index in [4.69, 9.17) is 13.9 Å². The molecule has 3 aromatic rings. The van der Waals surface area contributed by atoms with Crippen molar-refractivity contribution in [1.82, 2.24) is 4.90 Å². The Hall–Kier alpha value is -3.58. The lowest BCUT2D eigenvalue weighted by molar-refractivity contribution is -0.129. The van der Waals surface area contributed by atoms with E-state index in [2.05, 4.69) is 6.92 Å². The highest BCUT2D eigenvalue weighted by Gasteiger charge is 2.44. The van der Waals surface area contributed by atoms with E-state index in [1.54, 1.807) is 19.2 Å². The highest BCUT2D eigenvalue weighted by molar-refractivity contribution is 6.16. The van der Waals surface area contributed by atoms with E-state index in [-0.39, 0.29) is 11.3 Å². The molecule has 0 aliphatic carbocycles. The van der Waals surface area contributed by atoms with Gasteiger partial charge in [0.25, 0.3) is 5.91 Å². The first-order valence-electron chi connectivity index (χ1n) is 12.0. The lowest BCUT2D eigenvalue weighted by atomic mass is 9.95. The van der Waals surface area contributed by atoms with Gasteiger partial charge in [0.1, 0.15) is 11.3 Å². The number of methoxy groups -OCH3 is 1. The van der Waals surface area contributed by atoms with Gasteiger partial charge in [0.2, 0.25) is 5.78 Å². The molecule has 1 aliphatic rings. The average molecular weight is 478 g/mol. The monoisotopic (exact) mass is 477 g/mol. The molecule has 1 unspecified atom stereocenters. The lowest BCUT2D eigenvalue weighted by Gasteiger charge is -2.26. The van der Waals surface area contributed by atoms with Gasteiger partial charge in [0.15, 0.2) is 11.5 Å². The first-order valence-corrected chi connectivity index (χ1v) is 12.0. The Kier molecular flexibility index (Phi) is 7.87. The Bertz CT molecular complexity index is 1180. The summed E-state index contributed by atoms with van der Waals surface area (Å²) in [7, 11) is 1.59. The molecule has 0 spiro atoms. The van der Waals surface area contributed by atoms with Crippen LogP contribution in [0.25, 0.3) is 11.0 Å². The van der Waals surface area contributed by atoms with Crippen LogP contribution in [0.3, 0.4) is 0 Å². The van der Waals surface area contributed by atoms with Crippen LogP contribution < -0.4 is 4.74 Å². The van der Waals surface area contributed by atoms with Gasteiger partial charge in [0.05, 0.1) is 18.2 Å². The number of rotatable bonds is 12. The first kappa shape index (κ1) is 24.5. The number of furan rings is 1. The van der Waals surface area contributed by atoms with Crippen LogP contribution in [0.5, 0.6) is 5.75 Å². The summed E-state index contributed by atoms with van der Waals surface area (Å²) in [5, 5.41) is 11.6. The number of carbonyl (C=O) groups excluding carboxylic acids is 2. The van der Waals surface area contributed by atoms with Crippen LogP contribution in [-0.4, -0.2) is 48.6 Å². The summed E-state index contributed by atoms with van der Waals surface area (Å²) in [6.45, 7) is 3.56. The van der Waals surface area contributed by atoms with Gasteiger partial charge in [-0.05, 0) is 42.7 Å². The number of carbonyl (C=O) groups is 2. The van der Waals surface area contributed by atoms with E-state index in [9.17, 15) is 14.7 Å². The predicted octanol–water partition coefficient (Wildman–Crippen LogP) is 5.62. The highest BCUT2D eigenvalue weighted by atomic mass is 16.5. The maximum atomic E-state index is 13.6. The van der Waals surface area contributed by atoms with Gasteiger partial charge in [-0.25, -0.2) is 0 Å². The molecular formula is C28H31NO6. The summed E-state index contributed by atoms with van der Waals surface area (Å²) < 4.78 is 16.7. The molecule has 7 nitrogen and oxygen atoms in total. The van der Waals surface area contributed by atoms with Crippen molar-refractivity contribution in [1.29, 1.82) is 0 Å². The molecule has 2 aromatic carbocycles. The summed E-state index contributed by atoms with van der Waals surface area (Å²) in [6, 6.07) is 15.5.